The lowest BCUT2D eigenvalue weighted by Crippen LogP contribution is -2.59. The monoisotopic (exact) mass is 392 g/mol. The summed E-state index contributed by atoms with van der Waals surface area (Å²) in [6, 6.07) is 1.82. The number of nitrogens with one attached hydrogen (secondary N) is 1. The van der Waals surface area contributed by atoms with Crippen LogP contribution in [0.2, 0.25) is 5.02 Å². The fourth-order valence-electron chi connectivity index (χ4n) is 3.35. The Morgan fingerprint density at radius 3 is 2.77 bits per heavy atom. The van der Waals surface area contributed by atoms with Gasteiger partial charge in [-0.25, -0.2) is 15.0 Å². The van der Waals surface area contributed by atoms with Crippen LogP contribution in [0.4, 0.5) is 11.6 Å². The molecule has 1 spiro atoms. The Labute approximate surface area is 161 Å². The SMILES string of the molecule is Nc1nccc(Sc2cnc(N3CCC4(CC3)COCCN4)cn2)c1Cl. The average molecular weight is 393 g/mol. The van der Waals surface area contributed by atoms with E-state index in [4.69, 9.17) is 22.1 Å². The molecule has 2 fully saturated rings. The van der Waals surface area contributed by atoms with Gasteiger partial charge in [-0.3, -0.25) is 0 Å². The minimum Gasteiger partial charge on any atom is -0.382 e. The number of aromatic nitrogens is 3. The van der Waals surface area contributed by atoms with E-state index in [2.05, 4.69) is 25.2 Å². The van der Waals surface area contributed by atoms with Crippen molar-refractivity contribution in [1.82, 2.24) is 20.3 Å². The molecule has 9 heteroatoms. The van der Waals surface area contributed by atoms with Crippen molar-refractivity contribution in [3.63, 3.8) is 0 Å². The molecule has 3 N–H and O–H groups in total. The van der Waals surface area contributed by atoms with Crippen LogP contribution >= 0.6 is 23.4 Å². The first-order valence-corrected chi connectivity index (χ1v) is 9.82. The van der Waals surface area contributed by atoms with Crippen LogP contribution in [0.5, 0.6) is 0 Å². The van der Waals surface area contributed by atoms with Crippen LogP contribution in [0.3, 0.4) is 0 Å². The van der Waals surface area contributed by atoms with Crippen LogP contribution in [0, 0.1) is 0 Å². The van der Waals surface area contributed by atoms with E-state index in [1.54, 1.807) is 12.4 Å². The van der Waals surface area contributed by atoms with Gasteiger partial charge in [-0.05, 0) is 18.9 Å². The Morgan fingerprint density at radius 2 is 2.08 bits per heavy atom. The van der Waals surface area contributed by atoms with Gasteiger partial charge in [0.2, 0.25) is 0 Å². The van der Waals surface area contributed by atoms with E-state index in [1.165, 1.54) is 11.8 Å². The van der Waals surface area contributed by atoms with Gasteiger partial charge >= 0.3 is 0 Å². The molecule has 0 unspecified atom stereocenters. The molecule has 0 aromatic carbocycles. The van der Waals surface area contributed by atoms with Crippen LogP contribution in [0.1, 0.15) is 12.8 Å². The molecule has 0 amide bonds. The molecule has 0 bridgehead atoms. The van der Waals surface area contributed by atoms with E-state index in [0.717, 1.165) is 61.4 Å². The van der Waals surface area contributed by atoms with Crippen molar-refractivity contribution in [2.75, 3.05) is 43.5 Å². The summed E-state index contributed by atoms with van der Waals surface area (Å²) in [4.78, 5) is 16.2. The van der Waals surface area contributed by atoms with Crippen molar-refractivity contribution in [2.45, 2.75) is 28.3 Å². The number of hydrogen-bond donors (Lipinski definition) is 2. The van der Waals surface area contributed by atoms with E-state index in [-0.39, 0.29) is 5.54 Å². The molecular formula is C17H21ClN6OS. The lowest BCUT2D eigenvalue weighted by Gasteiger charge is -2.44. The molecule has 2 aromatic rings. The van der Waals surface area contributed by atoms with Gasteiger partial charge < -0.3 is 20.7 Å². The van der Waals surface area contributed by atoms with Crippen molar-refractivity contribution in [1.29, 1.82) is 0 Å². The van der Waals surface area contributed by atoms with Crippen molar-refractivity contribution in [3.05, 3.63) is 29.7 Å². The summed E-state index contributed by atoms with van der Waals surface area (Å²) in [6.45, 7) is 4.45. The number of ether oxygens (including phenoxy) is 1. The molecule has 0 aliphatic carbocycles. The third-order valence-corrected chi connectivity index (χ3v) is 6.37. The van der Waals surface area contributed by atoms with Crippen molar-refractivity contribution < 1.29 is 4.74 Å². The molecule has 2 saturated heterocycles. The molecule has 0 saturated carbocycles. The Hall–Kier alpha value is -1.61. The number of nitrogen functional groups attached to an aromatic ring is 1. The third kappa shape index (κ3) is 3.73. The summed E-state index contributed by atoms with van der Waals surface area (Å²) in [5, 5.41) is 4.86. The maximum Gasteiger partial charge on any atom is 0.147 e. The first-order valence-electron chi connectivity index (χ1n) is 8.63. The summed E-state index contributed by atoms with van der Waals surface area (Å²) in [5.74, 6) is 1.23. The molecule has 0 atom stereocenters. The predicted molar refractivity (Wildman–Crippen MR) is 103 cm³/mol. The van der Waals surface area contributed by atoms with E-state index in [9.17, 15) is 0 Å². The van der Waals surface area contributed by atoms with Gasteiger partial charge in [0.15, 0.2) is 0 Å². The highest BCUT2D eigenvalue weighted by Gasteiger charge is 2.36. The summed E-state index contributed by atoms with van der Waals surface area (Å²) in [7, 11) is 0. The van der Waals surface area contributed by atoms with Crippen LogP contribution in [-0.2, 0) is 4.74 Å². The number of piperidine rings is 1. The number of rotatable bonds is 3. The van der Waals surface area contributed by atoms with Gasteiger partial charge in [0.05, 0.1) is 30.6 Å². The van der Waals surface area contributed by atoms with Gasteiger partial charge in [0.1, 0.15) is 16.7 Å². The fraction of sp³-hybridized carbons (Fsp3) is 0.471. The Bertz CT molecular complexity index is 758. The van der Waals surface area contributed by atoms with Crippen molar-refractivity contribution in [3.8, 4) is 0 Å². The van der Waals surface area contributed by atoms with Crippen molar-refractivity contribution >= 4 is 35.0 Å². The second-order valence-corrected chi connectivity index (χ2v) is 8.01. The highest BCUT2D eigenvalue weighted by atomic mass is 35.5. The second-order valence-electron chi connectivity index (χ2n) is 6.57. The Morgan fingerprint density at radius 1 is 1.23 bits per heavy atom. The summed E-state index contributed by atoms with van der Waals surface area (Å²) >= 11 is 7.62. The molecule has 2 aliphatic heterocycles. The van der Waals surface area contributed by atoms with Crippen LogP contribution < -0.4 is 16.0 Å². The van der Waals surface area contributed by atoms with Gasteiger partial charge in [0, 0.05) is 36.3 Å². The summed E-state index contributed by atoms with van der Waals surface area (Å²) in [5.41, 5.74) is 5.88. The molecule has 2 aromatic heterocycles. The molecule has 138 valence electrons. The smallest absolute Gasteiger partial charge is 0.147 e. The van der Waals surface area contributed by atoms with Crippen LogP contribution in [-0.4, -0.2) is 53.3 Å². The van der Waals surface area contributed by atoms with Gasteiger partial charge in [-0.15, -0.1) is 0 Å². The molecular weight excluding hydrogens is 372 g/mol. The largest absolute Gasteiger partial charge is 0.382 e. The van der Waals surface area contributed by atoms with E-state index >= 15 is 0 Å². The zero-order valence-electron chi connectivity index (χ0n) is 14.3. The normalized spacial score (nSPS) is 19.7. The maximum absolute atomic E-state index is 6.19. The number of hydrogen-bond acceptors (Lipinski definition) is 8. The topological polar surface area (TPSA) is 89.2 Å². The molecule has 2 aliphatic rings. The van der Waals surface area contributed by atoms with Crippen LogP contribution in [0.15, 0.2) is 34.6 Å². The average Bonchev–Trinajstić information content (AvgIpc) is 2.68. The van der Waals surface area contributed by atoms with Gasteiger partial charge in [0.25, 0.3) is 0 Å². The third-order valence-electron chi connectivity index (χ3n) is 4.88. The van der Waals surface area contributed by atoms with Crippen molar-refractivity contribution in [2.24, 2.45) is 0 Å². The first-order chi connectivity index (χ1) is 12.7. The number of nitrogens with zero attached hydrogens (tertiary/aromatic N) is 4. The van der Waals surface area contributed by atoms with Crippen LogP contribution in [0.25, 0.3) is 0 Å². The summed E-state index contributed by atoms with van der Waals surface area (Å²) < 4.78 is 5.66. The number of halogens is 1. The maximum atomic E-state index is 6.19. The minimum atomic E-state index is 0.135. The summed E-state index contributed by atoms with van der Waals surface area (Å²) in [6.07, 6.45) is 7.34. The zero-order chi connectivity index (χ0) is 18.0. The highest BCUT2D eigenvalue weighted by Crippen LogP contribution is 2.34. The standard InChI is InChI=1S/C17H21ClN6OS/c18-15-12(1-4-20-16(15)19)26-14-10-21-13(9-22-14)24-6-2-17(3-7-24)11-25-8-5-23-17/h1,4,9-10,23H,2-3,5-8,11H2,(H2,19,20). The molecule has 4 rings (SSSR count). The number of anilines is 2. The van der Waals surface area contributed by atoms with E-state index in [1.807, 2.05) is 12.3 Å². The quantitative estimate of drug-likeness (QED) is 0.821. The lowest BCUT2D eigenvalue weighted by molar-refractivity contribution is 0.0157. The van der Waals surface area contributed by atoms with Gasteiger partial charge in [-0.2, -0.15) is 0 Å². The number of pyridine rings is 1. The zero-order valence-corrected chi connectivity index (χ0v) is 15.9. The first kappa shape index (κ1) is 17.8. The second kappa shape index (κ2) is 7.56. The molecule has 4 heterocycles. The highest BCUT2D eigenvalue weighted by molar-refractivity contribution is 7.99. The molecule has 7 nitrogen and oxygen atoms in total. The minimum absolute atomic E-state index is 0.135. The molecule has 26 heavy (non-hydrogen) atoms. The fourth-order valence-corrected chi connectivity index (χ4v) is 4.34. The lowest BCUT2D eigenvalue weighted by atomic mass is 9.87. The van der Waals surface area contributed by atoms with E-state index in [0.29, 0.717) is 10.8 Å². The number of morpholine rings is 1. The predicted octanol–water partition coefficient (Wildman–Crippen LogP) is 2.22. The molecule has 0 radical (unpaired) electrons. The number of nitrogens with two attached hydrogens (primary N) is 1. The van der Waals surface area contributed by atoms with Gasteiger partial charge in [-0.1, -0.05) is 23.4 Å². The Balaban J connectivity index is 1.40. The Kier molecular flexibility index (Phi) is 5.17. The van der Waals surface area contributed by atoms with E-state index < -0.39 is 0 Å².